The summed E-state index contributed by atoms with van der Waals surface area (Å²) in [6.07, 6.45) is 0. The number of nitrogens with one attached hydrogen (secondary N) is 1. The van der Waals surface area contributed by atoms with Gasteiger partial charge in [-0.2, -0.15) is 0 Å². The molecule has 1 heterocycles. The summed E-state index contributed by atoms with van der Waals surface area (Å²) in [5.74, 6) is 0.219. The maximum Gasteiger partial charge on any atom is 0.254 e. The van der Waals surface area contributed by atoms with Gasteiger partial charge in [0.15, 0.2) is 5.82 Å². The summed E-state index contributed by atoms with van der Waals surface area (Å²) in [4.78, 5) is 0.229. The molecule has 0 unspecified atom stereocenters. The second-order valence-corrected chi connectivity index (χ2v) is 12.7. The van der Waals surface area contributed by atoms with Gasteiger partial charge in [-0.1, -0.05) is 17.7 Å². The lowest BCUT2D eigenvalue weighted by molar-refractivity contribution is 0.531. The Morgan fingerprint density at radius 3 is 2.16 bits per heavy atom. The Bertz CT molecular complexity index is 1320. The lowest BCUT2D eigenvalue weighted by Gasteiger charge is -2.16. The topological polar surface area (TPSA) is 111 Å². The highest BCUT2D eigenvalue weighted by Gasteiger charge is 2.29. The average molecular weight is 686 g/mol. The zero-order valence-electron chi connectivity index (χ0n) is 16.9. The smallest absolute Gasteiger partial charge is 0.254 e. The third-order valence-electron chi connectivity index (χ3n) is 4.55. The minimum atomic E-state index is -3.91. The molecule has 0 aliphatic rings. The van der Waals surface area contributed by atoms with Gasteiger partial charge in [-0.15, -0.1) is 10.2 Å². The zero-order chi connectivity index (χ0) is 23.0. The fraction of sp³-hybridized carbons (Fsp3) is 0.263. The molecule has 0 aliphatic carbocycles. The van der Waals surface area contributed by atoms with Crippen molar-refractivity contribution in [2.24, 2.45) is 0 Å². The highest BCUT2D eigenvalue weighted by molar-refractivity contribution is 14.1. The molecule has 1 N–H and O–H groups in total. The molecule has 8 nitrogen and oxygen atoms in total. The molecule has 0 amide bonds. The molecular weight excluding hydrogens is 666 g/mol. The van der Waals surface area contributed by atoms with Crippen LogP contribution < -0.4 is 4.72 Å². The van der Waals surface area contributed by atoms with Crippen LogP contribution in [0, 0.1) is 14.1 Å². The second-order valence-electron chi connectivity index (χ2n) is 6.82. The molecule has 0 bridgehead atoms. The Labute approximate surface area is 209 Å². The fourth-order valence-electron chi connectivity index (χ4n) is 2.94. The van der Waals surface area contributed by atoms with E-state index in [2.05, 4.69) is 60.1 Å². The van der Waals surface area contributed by atoms with Crippen LogP contribution in [0.25, 0.3) is 0 Å². The van der Waals surface area contributed by atoms with Gasteiger partial charge in [-0.25, -0.2) is 21.6 Å². The van der Waals surface area contributed by atoms with Gasteiger partial charge in [-0.3, -0.25) is 0 Å². The number of hydrogen-bond donors (Lipinski definition) is 1. The molecule has 31 heavy (non-hydrogen) atoms. The Morgan fingerprint density at radius 2 is 1.58 bits per heavy atom. The van der Waals surface area contributed by atoms with Crippen molar-refractivity contribution in [2.45, 2.75) is 48.3 Å². The third-order valence-corrected chi connectivity index (χ3v) is 10.6. The molecular formula is C19H20I2N4O4S2. The summed E-state index contributed by atoms with van der Waals surface area (Å²) in [7, 11) is -7.75. The Kier molecular flexibility index (Phi) is 7.45. The molecule has 0 aliphatic heterocycles. The standard InChI is InChI=1S/C19H20I2N4O4S2/c1-4-25-18(13(3)24-31(28,29)15-9-10-16(20)17(21)11-15)22-23-19(25)30(26,27)14-7-5-12(2)6-8-14/h5-11,13,24H,4H2,1-3H3/t13-/m1/s1. The van der Waals surface area contributed by atoms with Crippen LogP contribution in [0.15, 0.2) is 57.4 Å². The molecule has 0 spiro atoms. The molecule has 1 atom stereocenters. The average Bonchev–Trinajstić information content (AvgIpc) is 3.15. The lowest BCUT2D eigenvalue weighted by atomic mass is 10.2. The predicted molar refractivity (Wildman–Crippen MR) is 133 cm³/mol. The van der Waals surface area contributed by atoms with Gasteiger partial charge in [0.2, 0.25) is 19.9 Å². The first-order valence-corrected chi connectivity index (χ1v) is 14.3. The minimum Gasteiger partial charge on any atom is -0.301 e. The summed E-state index contributed by atoms with van der Waals surface area (Å²) in [5.41, 5.74) is 0.935. The molecule has 0 fully saturated rings. The number of aromatic nitrogens is 3. The minimum absolute atomic E-state index is 0.105. The molecule has 1 aromatic heterocycles. The molecule has 166 valence electrons. The quantitative estimate of drug-likeness (QED) is 0.380. The van der Waals surface area contributed by atoms with Crippen molar-refractivity contribution in [1.82, 2.24) is 19.5 Å². The molecule has 3 aromatic rings. The fourth-order valence-corrected chi connectivity index (χ4v) is 6.59. The van der Waals surface area contributed by atoms with Crippen LogP contribution in [-0.2, 0) is 26.4 Å². The van der Waals surface area contributed by atoms with E-state index in [1.807, 2.05) is 6.92 Å². The van der Waals surface area contributed by atoms with Crippen molar-refractivity contribution in [3.8, 4) is 0 Å². The molecule has 3 rings (SSSR count). The molecule has 0 radical (unpaired) electrons. The van der Waals surface area contributed by atoms with Gasteiger partial charge in [-0.05, 0) is 96.3 Å². The van der Waals surface area contributed by atoms with E-state index in [1.165, 1.54) is 22.8 Å². The van der Waals surface area contributed by atoms with E-state index >= 15 is 0 Å². The predicted octanol–water partition coefficient (Wildman–Crippen LogP) is 3.69. The van der Waals surface area contributed by atoms with E-state index in [0.717, 1.165) is 12.7 Å². The van der Waals surface area contributed by atoms with Crippen molar-refractivity contribution in [1.29, 1.82) is 0 Å². The number of halogens is 2. The largest absolute Gasteiger partial charge is 0.301 e. The highest BCUT2D eigenvalue weighted by atomic mass is 127. The summed E-state index contributed by atoms with van der Waals surface area (Å²) < 4.78 is 57.6. The number of sulfonamides is 1. The van der Waals surface area contributed by atoms with Crippen LogP contribution in [0.2, 0.25) is 0 Å². The molecule has 0 saturated heterocycles. The van der Waals surface area contributed by atoms with E-state index < -0.39 is 25.9 Å². The monoisotopic (exact) mass is 686 g/mol. The summed E-state index contributed by atoms with van der Waals surface area (Å²) in [5, 5.41) is 7.69. The van der Waals surface area contributed by atoms with Crippen LogP contribution in [0.4, 0.5) is 0 Å². The van der Waals surface area contributed by atoms with Crippen LogP contribution in [0.5, 0.6) is 0 Å². The number of benzene rings is 2. The van der Waals surface area contributed by atoms with E-state index in [4.69, 9.17) is 0 Å². The Balaban J connectivity index is 1.96. The normalized spacial score (nSPS) is 13.3. The van der Waals surface area contributed by atoms with Crippen LogP contribution in [0.1, 0.15) is 31.3 Å². The van der Waals surface area contributed by atoms with Crippen molar-refractivity contribution < 1.29 is 16.8 Å². The van der Waals surface area contributed by atoms with Gasteiger partial charge >= 0.3 is 0 Å². The SMILES string of the molecule is CCn1c([C@@H](C)NS(=O)(=O)c2ccc(I)c(I)c2)nnc1S(=O)(=O)c1ccc(C)cc1. The molecule has 12 heteroatoms. The van der Waals surface area contributed by atoms with Crippen molar-refractivity contribution in [3.63, 3.8) is 0 Å². The number of hydrogen-bond acceptors (Lipinski definition) is 6. The second kappa shape index (κ2) is 9.41. The van der Waals surface area contributed by atoms with E-state index in [9.17, 15) is 16.8 Å². The van der Waals surface area contributed by atoms with E-state index in [0.29, 0.717) is 0 Å². The Morgan fingerprint density at radius 1 is 0.968 bits per heavy atom. The number of nitrogens with zero attached hydrogens (tertiary/aromatic N) is 3. The molecule has 2 aromatic carbocycles. The van der Waals surface area contributed by atoms with Gasteiger partial charge < -0.3 is 4.57 Å². The lowest BCUT2D eigenvalue weighted by Crippen LogP contribution is -2.29. The number of sulfone groups is 1. The van der Waals surface area contributed by atoms with Crippen LogP contribution >= 0.6 is 45.2 Å². The first-order valence-electron chi connectivity index (χ1n) is 9.19. The van der Waals surface area contributed by atoms with E-state index in [1.54, 1.807) is 38.1 Å². The van der Waals surface area contributed by atoms with Gasteiger partial charge in [0, 0.05) is 13.7 Å². The number of rotatable bonds is 7. The zero-order valence-corrected chi connectivity index (χ0v) is 22.8. The van der Waals surface area contributed by atoms with Crippen LogP contribution in [-0.4, -0.2) is 31.6 Å². The first kappa shape index (κ1) is 24.5. The van der Waals surface area contributed by atoms with Gasteiger partial charge in [0.1, 0.15) is 0 Å². The number of aryl methyl sites for hydroxylation is 1. The molecule has 0 saturated carbocycles. The maximum absolute atomic E-state index is 13.1. The first-order chi connectivity index (χ1) is 14.5. The van der Waals surface area contributed by atoms with Crippen LogP contribution in [0.3, 0.4) is 0 Å². The highest BCUT2D eigenvalue weighted by Crippen LogP contribution is 2.25. The van der Waals surface area contributed by atoms with Crippen molar-refractivity contribution in [2.75, 3.05) is 0 Å². The van der Waals surface area contributed by atoms with E-state index in [-0.39, 0.29) is 27.3 Å². The van der Waals surface area contributed by atoms with Gasteiger partial charge in [0.25, 0.3) is 5.16 Å². The summed E-state index contributed by atoms with van der Waals surface area (Å²) in [6, 6.07) is 10.5. The maximum atomic E-state index is 13.1. The Hall–Kier alpha value is -1.10. The summed E-state index contributed by atoms with van der Waals surface area (Å²) in [6.45, 7) is 5.49. The summed E-state index contributed by atoms with van der Waals surface area (Å²) >= 11 is 4.20. The van der Waals surface area contributed by atoms with Crippen molar-refractivity contribution >= 4 is 65.0 Å². The van der Waals surface area contributed by atoms with Gasteiger partial charge in [0.05, 0.1) is 15.8 Å². The van der Waals surface area contributed by atoms with Crippen molar-refractivity contribution in [3.05, 3.63) is 61.0 Å². The third kappa shape index (κ3) is 5.12.